The van der Waals surface area contributed by atoms with Crippen LogP contribution in [-0.4, -0.2) is 22.7 Å². The van der Waals surface area contributed by atoms with Gasteiger partial charge in [-0.05, 0) is 43.7 Å². The zero-order chi connectivity index (χ0) is 14.8. The highest BCUT2D eigenvalue weighted by Crippen LogP contribution is 2.21. The van der Waals surface area contributed by atoms with Crippen LogP contribution in [0.15, 0.2) is 41.0 Å². The van der Waals surface area contributed by atoms with E-state index in [9.17, 15) is 15.0 Å². The molecule has 0 aliphatic rings. The van der Waals surface area contributed by atoms with Crippen LogP contribution >= 0.6 is 0 Å². The maximum Gasteiger partial charge on any atom is 0.251 e. The van der Waals surface area contributed by atoms with E-state index in [1.807, 2.05) is 0 Å². The summed E-state index contributed by atoms with van der Waals surface area (Å²) in [6.45, 7) is 3.31. The Morgan fingerprint density at radius 3 is 2.75 bits per heavy atom. The zero-order valence-electron chi connectivity index (χ0n) is 11.4. The summed E-state index contributed by atoms with van der Waals surface area (Å²) in [6, 6.07) is 7.99. The summed E-state index contributed by atoms with van der Waals surface area (Å²) in [5.74, 6) is 0.0760. The molecule has 0 fully saturated rings. The van der Waals surface area contributed by atoms with E-state index in [0.717, 1.165) is 0 Å². The van der Waals surface area contributed by atoms with Gasteiger partial charge in [0.05, 0.1) is 12.8 Å². The van der Waals surface area contributed by atoms with Crippen molar-refractivity contribution in [3.63, 3.8) is 0 Å². The van der Waals surface area contributed by atoms with Crippen molar-refractivity contribution < 1.29 is 19.4 Å². The molecular formula is C15H17NO4. The number of amides is 1. The summed E-state index contributed by atoms with van der Waals surface area (Å²) in [7, 11) is 0. The molecule has 1 heterocycles. The number of aliphatic hydroxyl groups is 1. The minimum absolute atomic E-state index is 0.00792. The third-order valence-electron chi connectivity index (χ3n) is 3.12. The van der Waals surface area contributed by atoms with Gasteiger partial charge in [-0.1, -0.05) is 6.07 Å². The van der Waals surface area contributed by atoms with Crippen molar-refractivity contribution in [3.8, 4) is 5.75 Å². The molecule has 0 aliphatic carbocycles. The predicted octanol–water partition coefficient (Wildman–Crippen LogP) is 1.93. The first-order chi connectivity index (χ1) is 9.40. The van der Waals surface area contributed by atoms with E-state index < -0.39 is 5.60 Å². The fraction of sp³-hybridized carbons (Fsp3) is 0.267. The van der Waals surface area contributed by atoms with Gasteiger partial charge in [0.25, 0.3) is 5.91 Å². The summed E-state index contributed by atoms with van der Waals surface area (Å²) in [4.78, 5) is 12.0. The van der Waals surface area contributed by atoms with Crippen molar-refractivity contribution in [2.75, 3.05) is 6.54 Å². The van der Waals surface area contributed by atoms with Crippen LogP contribution in [0, 0.1) is 6.92 Å². The van der Waals surface area contributed by atoms with Crippen molar-refractivity contribution in [3.05, 3.63) is 53.5 Å². The number of rotatable bonds is 4. The van der Waals surface area contributed by atoms with Gasteiger partial charge in [0.15, 0.2) is 0 Å². The molecule has 106 valence electrons. The molecule has 0 radical (unpaired) electrons. The zero-order valence-corrected chi connectivity index (χ0v) is 11.4. The van der Waals surface area contributed by atoms with Crippen molar-refractivity contribution in [2.45, 2.75) is 19.4 Å². The van der Waals surface area contributed by atoms with Crippen LogP contribution < -0.4 is 5.32 Å². The Morgan fingerprint density at radius 1 is 1.40 bits per heavy atom. The minimum atomic E-state index is -1.29. The number of aromatic hydroxyl groups is 1. The lowest BCUT2D eigenvalue weighted by Gasteiger charge is -2.21. The first-order valence-corrected chi connectivity index (χ1v) is 6.24. The number of hydrogen-bond acceptors (Lipinski definition) is 4. The van der Waals surface area contributed by atoms with E-state index in [-0.39, 0.29) is 18.2 Å². The number of phenolic OH excluding ortho intramolecular Hbond substituents is 1. The summed E-state index contributed by atoms with van der Waals surface area (Å²) < 4.78 is 5.13. The number of carbonyl (C=O) groups is 1. The summed E-state index contributed by atoms with van der Waals surface area (Å²) >= 11 is 0. The van der Waals surface area contributed by atoms with Gasteiger partial charge in [0, 0.05) is 5.56 Å². The van der Waals surface area contributed by atoms with Gasteiger partial charge in [-0.25, -0.2) is 0 Å². The van der Waals surface area contributed by atoms with Gasteiger partial charge in [-0.15, -0.1) is 0 Å². The van der Waals surface area contributed by atoms with Crippen molar-refractivity contribution >= 4 is 5.91 Å². The Labute approximate surface area is 116 Å². The minimum Gasteiger partial charge on any atom is -0.508 e. The van der Waals surface area contributed by atoms with Gasteiger partial charge in [-0.3, -0.25) is 4.79 Å². The third kappa shape index (κ3) is 3.00. The second-order valence-electron chi connectivity index (χ2n) is 4.94. The van der Waals surface area contributed by atoms with Gasteiger partial charge in [-0.2, -0.15) is 0 Å². The average Bonchev–Trinajstić information content (AvgIpc) is 2.94. The second kappa shape index (κ2) is 5.38. The standard InChI is InChI=1S/C15H17NO4/c1-10-5-6-11(8-12(10)17)14(18)16-9-15(2,19)13-4-3-7-20-13/h3-8,17,19H,9H2,1-2H3,(H,16,18). The maximum atomic E-state index is 12.0. The molecule has 0 saturated carbocycles. The molecule has 2 rings (SSSR count). The highest BCUT2D eigenvalue weighted by Gasteiger charge is 2.27. The quantitative estimate of drug-likeness (QED) is 0.796. The number of benzene rings is 1. The largest absolute Gasteiger partial charge is 0.508 e. The average molecular weight is 275 g/mol. The lowest BCUT2D eigenvalue weighted by Crippen LogP contribution is -2.38. The molecule has 5 nitrogen and oxygen atoms in total. The second-order valence-corrected chi connectivity index (χ2v) is 4.94. The molecule has 0 spiro atoms. The lowest BCUT2D eigenvalue weighted by molar-refractivity contribution is 0.0330. The van der Waals surface area contributed by atoms with Crippen molar-refractivity contribution in [1.82, 2.24) is 5.32 Å². The van der Waals surface area contributed by atoms with Crippen molar-refractivity contribution in [1.29, 1.82) is 0 Å². The highest BCUT2D eigenvalue weighted by molar-refractivity contribution is 5.94. The number of nitrogens with one attached hydrogen (secondary N) is 1. The number of carbonyl (C=O) groups excluding carboxylic acids is 1. The van der Waals surface area contributed by atoms with Crippen LogP contribution in [0.25, 0.3) is 0 Å². The Bertz CT molecular complexity index is 602. The van der Waals surface area contributed by atoms with Crippen LogP contribution in [0.2, 0.25) is 0 Å². The van der Waals surface area contributed by atoms with E-state index >= 15 is 0 Å². The van der Waals surface area contributed by atoms with Crippen LogP contribution in [0.3, 0.4) is 0 Å². The normalized spacial score (nSPS) is 13.8. The molecule has 1 aromatic heterocycles. The lowest BCUT2D eigenvalue weighted by atomic mass is 10.0. The Kier molecular flexibility index (Phi) is 3.81. The number of furan rings is 1. The molecule has 1 amide bonds. The van der Waals surface area contributed by atoms with E-state index in [0.29, 0.717) is 16.9 Å². The van der Waals surface area contributed by atoms with Gasteiger partial charge in [0.2, 0.25) is 0 Å². The van der Waals surface area contributed by atoms with Crippen LogP contribution in [0.5, 0.6) is 5.75 Å². The summed E-state index contributed by atoms with van der Waals surface area (Å²) in [6.07, 6.45) is 1.46. The summed E-state index contributed by atoms with van der Waals surface area (Å²) in [5, 5.41) is 22.4. The van der Waals surface area contributed by atoms with Gasteiger partial charge >= 0.3 is 0 Å². The molecule has 0 bridgehead atoms. The number of aryl methyl sites for hydroxylation is 1. The molecule has 5 heteroatoms. The maximum absolute atomic E-state index is 12.0. The molecule has 2 aromatic rings. The fourth-order valence-corrected chi connectivity index (χ4v) is 1.78. The Morgan fingerprint density at radius 2 is 2.15 bits per heavy atom. The molecule has 1 atom stereocenters. The Balaban J connectivity index is 2.03. The van der Waals surface area contributed by atoms with Crippen LogP contribution in [0.1, 0.15) is 28.6 Å². The predicted molar refractivity (Wildman–Crippen MR) is 73.5 cm³/mol. The third-order valence-corrected chi connectivity index (χ3v) is 3.12. The molecule has 0 aliphatic heterocycles. The number of phenols is 1. The van der Waals surface area contributed by atoms with E-state index in [4.69, 9.17) is 4.42 Å². The van der Waals surface area contributed by atoms with Crippen LogP contribution in [-0.2, 0) is 5.60 Å². The summed E-state index contributed by atoms with van der Waals surface area (Å²) in [5.41, 5.74) is -0.251. The molecular weight excluding hydrogens is 258 g/mol. The van der Waals surface area contributed by atoms with Gasteiger partial charge in [0.1, 0.15) is 17.1 Å². The topological polar surface area (TPSA) is 82.7 Å². The Hall–Kier alpha value is -2.27. The smallest absolute Gasteiger partial charge is 0.251 e. The molecule has 0 saturated heterocycles. The SMILES string of the molecule is Cc1ccc(C(=O)NCC(C)(O)c2ccco2)cc1O. The van der Waals surface area contributed by atoms with E-state index in [2.05, 4.69) is 5.32 Å². The first-order valence-electron chi connectivity index (χ1n) is 6.24. The van der Waals surface area contributed by atoms with Gasteiger partial charge < -0.3 is 19.9 Å². The monoisotopic (exact) mass is 275 g/mol. The van der Waals surface area contributed by atoms with E-state index in [1.165, 1.54) is 12.3 Å². The molecule has 1 unspecified atom stereocenters. The molecule has 20 heavy (non-hydrogen) atoms. The number of hydrogen-bond donors (Lipinski definition) is 3. The first kappa shape index (κ1) is 14.1. The molecule has 1 aromatic carbocycles. The highest BCUT2D eigenvalue weighted by atomic mass is 16.4. The van der Waals surface area contributed by atoms with Crippen molar-refractivity contribution in [2.24, 2.45) is 0 Å². The molecule has 3 N–H and O–H groups in total. The van der Waals surface area contributed by atoms with Crippen LogP contribution in [0.4, 0.5) is 0 Å². The fourth-order valence-electron chi connectivity index (χ4n) is 1.78. The van der Waals surface area contributed by atoms with E-state index in [1.54, 1.807) is 38.1 Å².